The minimum Gasteiger partial charge on any atom is -0.147 e. The van der Waals surface area contributed by atoms with Gasteiger partial charge in [0.2, 0.25) is 0 Å². The van der Waals surface area contributed by atoms with Crippen LogP contribution in [0.1, 0.15) is 74.0 Å². The summed E-state index contributed by atoms with van der Waals surface area (Å²) in [7, 11) is 1.37. The molecule has 0 heterocycles. The normalized spacial score (nSPS) is 17.5. The second-order valence-electron chi connectivity index (χ2n) is 9.43. The first-order valence-corrected chi connectivity index (χ1v) is 25.8. The number of allylic oxidation sites excluding steroid dienone is 5. The molecule has 0 N–H and O–H groups in total. The Kier molecular flexibility index (Phi) is 13.5. The number of unbranched alkanes of at least 4 members (excludes halogenated alkanes) is 3. The Morgan fingerprint density at radius 3 is 2.12 bits per heavy atom. The van der Waals surface area contributed by atoms with Crippen molar-refractivity contribution < 1.29 is 19.4 Å². The monoisotopic (exact) mass is 578 g/mol. The fourth-order valence-electron chi connectivity index (χ4n) is 5.10. The molecule has 4 heteroatoms. The van der Waals surface area contributed by atoms with Gasteiger partial charge in [0, 0.05) is 0 Å². The van der Waals surface area contributed by atoms with Crippen molar-refractivity contribution in [3.63, 3.8) is 0 Å². The van der Waals surface area contributed by atoms with Crippen molar-refractivity contribution in [2.45, 2.75) is 67.6 Å². The molecule has 0 radical (unpaired) electrons. The summed E-state index contributed by atoms with van der Waals surface area (Å²) in [6.07, 6.45) is 17.6. The molecule has 2 aromatic rings. The summed E-state index contributed by atoms with van der Waals surface area (Å²) in [6.45, 7) is 6.81. The maximum absolute atomic E-state index is 2.69. The average molecular weight is 581 g/mol. The maximum Gasteiger partial charge on any atom is -0.0536 e. The van der Waals surface area contributed by atoms with Crippen LogP contribution in [0.25, 0.3) is 17.2 Å². The van der Waals surface area contributed by atoms with Crippen LogP contribution in [-0.2, 0) is 19.4 Å². The number of halogens is 2. The molecule has 4 rings (SSSR count). The Morgan fingerprint density at radius 2 is 1.58 bits per heavy atom. The third-order valence-corrected chi connectivity index (χ3v) is 24.3. The van der Waals surface area contributed by atoms with Crippen LogP contribution in [0.2, 0.25) is 4.63 Å². The molecule has 33 heavy (non-hydrogen) atoms. The van der Waals surface area contributed by atoms with E-state index < -0.39 is 19.4 Å². The molecule has 0 nitrogen and oxygen atoms in total. The van der Waals surface area contributed by atoms with Gasteiger partial charge in [-0.2, -0.15) is 0 Å². The number of benzene rings is 2. The molecule has 2 atom stereocenters. The van der Waals surface area contributed by atoms with Crippen molar-refractivity contribution in [2.24, 2.45) is 0 Å². The van der Waals surface area contributed by atoms with Gasteiger partial charge in [0.05, 0.1) is 0 Å². The molecule has 0 amide bonds. The zero-order valence-electron chi connectivity index (χ0n) is 21.1. The fraction of sp³-hybridized carbons (Fsp3) is 0.379. The van der Waals surface area contributed by atoms with E-state index in [1.807, 2.05) is 3.28 Å². The summed E-state index contributed by atoms with van der Waals surface area (Å²) in [5, 5.41) is 0. The van der Waals surface area contributed by atoms with Crippen LogP contribution in [0.15, 0.2) is 75.6 Å². The Morgan fingerprint density at radius 1 is 0.909 bits per heavy atom. The Hall–Kier alpha value is -0.660. The summed E-state index contributed by atoms with van der Waals surface area (Å²) in [4.78, 5) is 0. The second-order valence-corrected chi connectivity index (χ2v) is 33.2. The van der Waals surface area contributed by atoms with Gasteiger partial charge in [-0.15, -0.1) is 24.8 Å². The molecule has 0 aliphatic heterocycles. The topological polar surface area (TPSA) is 0 Å². The van der Waals surface area contributed by atoms with Crippen molar-refractivity contribution in [2.75, 3.05) is 0 Å². The van der Waals surface area contributed by atoms with Gasteiger partial charge in [-0.25, -0.2) is 0 Å². The minimum absolute atomic E-state index is 0. The Labute approximate surface area is 221 Å². The van der Waals surface area contributed by atoms with Gasteiger partial charge < -0.3 is 0 Å². The Bertz CT molecular complexity index is 957. The van der Waals surface area contributed by atoms with Crippen LogP contribution in [0.3, 0.4) is 0 Å². The van der Waals surface area contributed by atoms with E-state index in [1.165, 1.54) is 62.6 Å². The van der Waals surface area contributed by atoms with Crippen molar-refractivity contribution >= 4 is 38.3 Å². The van der Waals surface area contributed by atoms with E-state index >= 15 is 0 Å². The first-order valence-electron chi connectivity index (χ1n) is 12.3. The maximum atomic E-state index is 2.69. The van der Waals surface area contributed by atoms with Gasteiger partial charge in [-0.05, 0) is 0 Å². The van der Waals surface area contributed by atoms with Crippen LogP contribution < -0.4 is 0 Å². The molecular formula is C29H42Cl2SiZr. The van der Waals surface area contributed by atoms with Crippen molar-refractivity contribution in [1.82, 2.24) is 0 Å². The van der Waals surface area contributed by atoms with E-state index in [-0.39, 0.29) is 24.8 Å². The van der Waals surface area contributed by atoms with Crippen molar-refractivity contribution in [1.29, 1.82) is 0 Å². The molecule has 0 aromatic heterocycles. The summed E-state index contributed by atoms with van der Waals surface area (Å²) >= 11 is -2.30. The van der Waals surface area contributed by atoms with Gasteiger partial charge in [-0.3, -0.25) is 0 Å². The molecule has 2 unspecified atom stereocenters. The molecule has 180 valence electrons. The molecular weight excluding hydrogens is 539 g/mol. The zero-order valence-corrected chi connectivity index (χ0v) is 27.2. The smallest absolute Gasteiger partial charge is 0.0536 e. The quantitative estimate of drug-likeness (QED) is 0.227. The van der Waals surface area contributed by atoms with E-state index in [2.05, 4.69) is 98.2 Å². The predicted molar refractivity (Wildman–Crippen MR) is 155 cm³/mol. The van der Waals surface area contributed by atoms with E-state index in [0.717, 1.165) is 3.63 Å². The number of hydrogen-bond acceptors (Lipinski definition) is 0. The van der Waals surface area contributed by atoms with Crippen LogP contribution in [0.5, 0.6) is 0 Å². The molecule has 0 spiro atoms. The van der Waals surface area contributed by atoms with Gasteiger partial charge in [0.25, 0.3) is 0 Å². The van der Waals surface area contributed by atoms with Crippen molar-refractivity contribution in [3.05, 3.63) is 86.7 Å². The van der Waals surface area contributed by atoms with E-state index in [1.54, 1.807) is 11.1 Å². The van der Waals surface area contributed by atoms with E-state index in [0.29, 0.717) is 0 Å². The minimum atomic E-state index is -2.30. The standard InChI is InChI=1S/C17H15.C6H14.C5H5.CH3.2ClH.H3Si.Zr/c1-2-13-11-15-9-6-10-16(17(15)12-13)14-7-4-3-5-8-14;1-3-5-6-4-2;1-2-4-5-3-1;;;;;/h3-12H,2H2,1H3;3-6H2,1-2H3;1-3H,4H2;1H3;2*1H;1H3;. The summed E-state index contributed by atoms with van der Waals surface area (Å²) < 4.78 is 5.26. The van der Waals surface area contributed by atoms with Crippen molar-refractivity contribution in [3.8, 4) is 11.1 Å². The number of hydrogen-bond donors (Lipinski definition) is 0. The molecule has 2 aliphatic carbocycles. The predicted octanol–water partition coefficient (Wildman–Crippen LogP) is 8.96. The number of fused-ring (bicyclic) bond motifs is 1. The zero-order chi connectivity index (χ0) is 22.3. The van der Waals surface area contributed by atoms with E-state index in [9.17, 15) is 0 Å². The van der Waals surface area contributed by atoms with Gasteiger partial charge >= 0.3 is 159 Å². The third-order valence-electron chi connectivity index (χ3n) is 6.92. The third kappa shape index (κ3) is 7.17. The first kappa shape index (κ1) is 30.4. The summed E-state index contributed by atoms with van der Waals surface area (Å²) in [5.41, 5.74) is 7.58. The molecule has 0 saturated carbocycles. The van der Waals surface area contributed by atoms with Crippen LogP contribution in [0, 0.1) is 0 Å². The SMILES string of the molecule is CCC1=Cc2c(-c3ccccc3)cccc2[CH]1[Zr]([CH3])([SiH3])[C]1=CC=CC1.CCCCCC.Cl.Cl. The largest absolute Gasteiger partial charge is 0.147 e. The summed E-state index contributed by atoms with van der Waals surface area (Å²) in [6, 6.07) is 17.9. The molecule has 0 fully saturated rings. The van der Waals surface area contributed by atoms with Crippen LogP contribution in [0.4, 0.5) is 0 Å². The molecule has 0 saturated heterocycles. The van der Waals surface area contributed by atoms with Gasteiger partial charge in [0.1, 0.15) is 0 Å². The Balaban J connectivity index is 0.000000608. The van der Waals surface area contributed by atoms with Gasteiger partial charge in [-0.1, -0.05) is 39.5 Å². The average Bonchev–Trinajstić information content (AvgIpc) is 3.47. The second kappa shape index (κ2) is 14.7. The fourth-order valence-corrected chi connectivity index (χ4v) is 20.6. The van der Waals surface area contributed by atoms with Crippen LogP contribution >= 0.6 is 24.8 Å². The molecule has 0 bridgehead atoms. The molecule has 2 aliphatic rings. The number of rotatable bonds is 7. The van der Waals surface area contributed by atoms with E-state index in [4.69, 9.17) is 0 Å². The van der Waals surface area contributed by atoms with Gasteiger partial charge in [0.15, 0.2) is 0 Å². The molecule has 2 aromatic carbocycles. The summed E-state index contributed by atoms with van der Waals surface area (Å²) in [5.74, 6) is 0. The first-order chi connectivity index (χ1) is 15.0. The van der Waals surface area contributed by atoms with Crippen LogP contribution in [-0.4, -0.2) is 7.37 Å².